The normalized spacial score (nSPS) is 11.3. The Morgan fingerprint density at radius 2 is 1.33 bits per heavy atom. The molecule has 104 valence electrons. The number of hydrogen-bond donors (Lipinski definition) is 2. The van der Waals surface area contributed by atoms with Crippen molar-refractivity contribution in [2.45, 2.75) is 70.0 Å². The van der Waals surface area contributed by atoms with Crippen LogP contribution >= 0.6 is 0 Å². The molecule has 0 spiro atoms. The lowest BCUT2D eigenvalue weighted by Gasteiger charge is -2.19. The Morgan fingerprint density at radius 1 is 0.889 bits per heavy atom. The van der Waals surface area contributed by atoms with E-state index in [-0.39, 0.29) is 6.42 Å². The van der Waals surface area contributed by atoms with E-state index < -0.39 is 12.4 Å². The van der Waals surface area contributed by atoms with Crippen molar-refractivity contribution in [2.24, 2.45) is 0 Å². The second-order valence-electron chi connectivity index (χ2n) is 4.95. The van der Waals surface area contributed by atoms with E-state index in [9.17, 15) is 9.59 Å². The number of aldehydes is 2. The van der Waals surface area contributed by atoms with Gasteiger partial charge in [-0.25, -0.2) is 0 Å². The predicted molar refractivity (Wildman–Crippen MR) is 72.2 cm³/mol. The number of unbranched alkanes of at least 4 members (excludes halogenated alkanes) is 7. The third-order valence-electron chi connectivity index (χ3n) is 3.38. The molecule has 4 nitrogen and oxygen atoms in total. The molecule has 0 rings (SSSR count). The number of carbonyl (C=O) groups is 2. The number of hydrogen-bond acceptors (Lipinski definition) is 4. The first-order valence-corrected chi connectivity index (χ1v) is 6.91. The topological polar surface area (TPSA) is 74.6 Å². The van der Waals surface area contributed by atoms with Crippen molar-refractivity contribution in [1.82, 2.24) is 0 Å². The minimum absolute atomic E-state index is 0.215. The van der Waals surface area contributed by atoms with Gasteiger partial charge in [0.1, 0.15) is 17.9 Å². The molecule has 0 aromatic carbocycles. The van der Waals surface area contributed by atoms with Crippen LogP contribution in [0, 0.1) is 0 Å². The van der Waals surface area contributed by atoms with Crippen molar-refractivity contribution in [1.29, 1.82) is 0 Å². The lowest BCUT2D eigenvalue weighted by atomic mass is 9.57. The highest BCUT2D eigenvalue weighted by Crippen LogP contribution is 2.29. The van der Waals surface area contributed by atoms with E-state index in [4.69, 9.17) is 10.0 Å². The smallest absolute Gasteiger partial charge is 0.426 e. The second-order valence-corrected chi connectivity index (χ2v) is 4.95. The Kier molecular flexibility index (Phi) is 9.88. The van der Waals surface area contributed by atoms with Gasteiger partial charge >= 0.3 is 7.12 Å². The van der Waals surface area contributed by atoms with E-state index in [2.05, 4.69) is 6.92 Å². The third kappa shape index (κ3) is 6.31. The maximum absolute atomic E-state index is 10.8. The Balaban J connectivity index is 3.69. The molecule has 0 bridgehead atoms. The van der Waals surface area contributed by atoms with Gasteiger partial charge in [0.2, 0.25) is 0 Å². The summed E-state index contributed by atoms with van der Waals surface area (Å²) in [5.41, 5.74) is 0. The molecule has 0 fully saturated rings. The van der Waals surface area contributed by atoms with Gasteiger partial charge in [0.25, 0.3) is 0 Å². The molecule has 18 heavy (non-hydrogen) atoms. The maximum atomic E-state index is 10.8. The summed E-state index contributed by atoms with van der Waals surface area (Å²) >= 11 is 0. The van der Waals surface area contributed by atoms with E-state index >= 15 is 0 Å². The molecule has 2 N–H and O–H groups in total. The zero-order chi connectivity index (χ0) is 13.9. The van der Waals surface area contributed by atoms with Crippen molar-refractivity contribution in [3.05, 3.63) is 0 Å². The van der Waals surface area contributed by atoms with Crippen molar-refractivity contribution in [2.75, 3.05) is 0 Å². The molecule has 0 aliphatic carbocycles. The standard InChI is InChI=1S/C13H25BO4/c1-2-3-4-5-6-7-8-9-10-13(11-15,12-16)14(17)18/h11-12,17-18H,2-10H2,1H3. The van der Waals surface area contributed by atoms with E-state index in [1.165, 1.54) is 25.7 Å². The van der Waals surface area contributed by atoms with E-state index in [1.807, 2.05) is 0 Å². The summed E-state index contributed by atoms with van der Waals surface area (Å²) in [5.74, 6) is 0. The maximum Gasteiger partial charge on any atom is 0.473 e. The Bertz CT molecular complexity index is 223. The molecule has 0 aromatic rings. The van der Waals surface area contributed by atoms with Crippen LogP contribution in [0.25, 0.3) is 0 Å². The fourth-order valence-corrected chi connectivity index (χ4v) is 1.96. The minimum Gasteiger partial charge on any atom is -0.426 e. The quantitative estimate of drug-likeness (QED) is 0.243. The molecule has 0 atom stereocenters. The summed E-state index contributed by atoms with van der Waals surface area (Å²) in [6, 6.07) is 0. The predicted octanol–water partition coefficient (Wildman–Crippen LogP) is 2.13. The third-order valence-corrected chi connectivity index (χ3v) is 3.38. The van der Waals surface area contributed by atoms with Crippen LogP contribution in [0.15, 0.2) is 0 Å². The van der Waals surface area contributed by atoms with Crippen LogP contribution in [0.2, 0.25) is 5.31 Å². The fourth-order valence-electron chi connectivity index (χ4n) is 1.96. The summed E-state index contributed by atoms with van der Waals surface area (Å²) < 4.78 is 0. The van der Waals surface area contributed by atoms with Gasteiger partial charge in [-0.3, -0.25) is 0 Å². The fraction of sp³-hybridized carbons (Fsp3) is 0.846. The average molecular weight is 256 g/mol. The van der Waals surface area contributed by atoms with E-state index in [0.717, 1.165) is 19.3 Å². The second kappa shape index (κ2) is 10.3. The molecular weight excluding hydrogens is 231 g/mol. The van der Waals surface area contributed by atoms with E-state index in [0.29, 0.717) is 19.0 Å². The first-order valence-electron chi connectivity index (χ1n) is 6.91. The molecule has 0 unspecified atom stereocenters. The highest BCUT2D eigenvalue weighted by atomic mass is 16.4. The van der Waals surface area contributed by atoms with Crippen LogP contribution in [-0.2, 0) is 9.59 Å². The number of rotatable bonds is 12. The monoisotopic (exact) mass is 256 g/mol. The summed E-state index contributed by atoms with van der Waals surface area (Å²) in [5, 5.41) is 16.5. The Labute approximate surface area is 110 Å². The van der Waals surface area contributed by atoms with Crippen LogP contribution < -0.4 is 0 Å². The van der Waals surface area contributed by atoms with Gasteiger partial charge < -0.3 is 19.6 Å². The molecule has 0 heterocycles. The molecule has 0 amide bonds. The van der Waals surface area contributed by atoms with Crippen LogP contribution in [0.4, 0.5) is 0 Å². The molecule has 0 saturated carbocycles. The summed E-state index contributed by atoms with van der Waals surface area (Å²) in [6.45, 7) is 2.18. The van der Waals surface area contributed by atoms with Gasteiger partial charge in [0.05, 0.1) is 0 Å². The molecule has 0 aliphatic rings. The zero-order valence-corrected chi connectivity index (χ0v) is 11.3. The highest BCUT2D eigenvalue weighted by molar-refractivity contribution is 6.55. The van der Waals surface area contributed by atoms with Crippen molar-refractivity contribution in [3.8, 4) is 0 Å². The lowest BCUT2D eigenvalue weighted by molar-refractivity contribution is -0.119. The SMILES string of the molecule is CCCCCCCCCCC(C=O)(C=O)B(O)O. The summed E-state index contributed by atoms with van der Waals surface area (Å²) in [4.78, 5) is 21.6. The van der Waals surface area contributed by atoms with Gasteiger partial charge in [-0.2, -0.15) is 0 Å². The zero-order valence-electron chi connectivity index (χ0n) is 11.3. The first-order chi connectivity index (χ1) is 8.63. The van der Waals surface area contributed by atoms with Gasteiger partial charge in [-0.1, -0.05) is 58.3 Å². The van der Waals surface area contributed by atoms with Gasteiger partial charge in [0.15, 0.2) is 0 Å². The summed E-state index contributed by atoms with van der Waals surface area (Å²) in [7, 11) is -1.89. The van der Waals surface area contributed by atoms with Crippen LogP contribution in [0.3, 0.4) is 0 Å². The lowest BCUT2D eigenvalue weighted by Crippen LogP contribution is -2.36. The van der Waals surface area contributed by atoms with Crippen LogP contribution in [-0.4, -0.2) is 29.7 Å². The van der Waals surface area contributed by atoms with Crippen molar-refractivity contribution < 1.29 is 19.6 Å². The van der Waals surface area contributed by atoms with Gasteiger partial charge in [-0.05, 0) is 6.42 Å². The molecule has 0 aromatic heterocycles. The van der Waals surface area contributed by atoms with Gasteiger partial charge in [0, 0.05) is 0 Å². The molecule has 0 saturated heterocycles. The molecular formula is C13H25BO4. The first kappa shape index (κ1) is 17.3. The highest BCUT2D eigenvalue weighted by Gasteiger charge is 2.41. The van der Waals surface area contributed by atoms with Crippen molar-refractivity contribution >= 4 is 19.7 Å². The van der Waals surface area contributed by atoms with Crippen LogP contribution in [0.1, 0.15) is 64.7 Å². The van der Waals surface area contributed by atoms with Crippen LogP contribution in [0.5, 0.6) is 0 Å². The molecule has 0 radical (unpaired) electrons. The largest absolute Gasteiger partial charge is 0.473 e. The van der Waals surface area contributed by atoms with Crippen molar-refractivity contribution in [3.63, 3.8) is 0 Å². The summed E-state index contributed by atoms with van der Waals surface area (Å²) in [6.07, 6.45) is 9.73. The average Bonchev–Trinajstić information content (AvgIpc) is 2.37. The molecule has 5 heteroatoms. The van der Waals surface area contributed by atoms with Gasteiger partial charge in [-0.15, -0.1) is 0 Å². The Morgan fingerprint density at radius 3 is 1.72 bits per heavy atom. The minimum atomic E-state index is -1.89. The molecule has 0 aliphatic heterocycles. The Hall–Kier alpha value is -0.675. The number of carbonyl (C=O) groups excluding carboxylic acids is 2. The van der Waals surface area contributed by atoms with E-state index in [1.54, 1.807) is 0 Å².